The van der Waals surface area contributed by atoms with Crippen molar-refractivity contribution in [3.8, 4) is 0 Å². The van der Waals surface area contributed by atoms with E-state index in [1.807, 2.05) is 109 Å². The van der Waals surface area contributed by atoms with Crippen LogP contribution in [0.4, 0.5) is 0 Å². The summed E-state index contributed by atoms with van der Waals surface area (Å²) in [5, 5.41) is 24.5. The minimum Gasteiger partial charge on any atom is -0.368 e. The minimum absolute atomic E-state index is 0.0222. The SMILES string of the molecule is CC(C)(C)[C@@H]1NC(=O)[C@H](CCCCN)NC(=O)[C@@H](Cc2c[nH]c3ccccc23)NC(=O)[C@H](Cc2cccnc2)NC(=O)[C@H](NC(=O)[C@@H](N)Cc2ccc3ccccc3c2)CSSC[C@@H](C(=O)N[C@@H](Cc2ccc3ccccc3c2)C(N)=O)NC1=O. The van der Waals surface area contributed by atoms with E-state index in [4.69, 9.17) is 17.2 Å². The second-order valence-corrected chi connectivity index (χ2v) is 25.0. The van der Waals surface area contributed by atoms with Gasteiger partial charge >= 0.3 is 0 Å². The van der Waals surface area contributed by atoms with E-state index >= 15 is 0 Å². The molecule has 0 spiro atoms. The van der Waals surface area contributed by atoms with Gasteiger partial charge in [0.15, 0.2) is 0 Å². The first-order valence-electron chi connectivity index (χ1n) is 28.3. The van der Waals surface area contributed by atoms with Gasteiger partial charge in [0.25, 0.3) is 0 Å². The average molecular weight is 1190 g/mol. The summed E-state index contributed by atoms with van der Waals surface area (Å²) in [6.45, 7) is 5.48. The van der Waals surface area contributed by atoms with E-state index in [1.54, 1.807) is 51.5 Å². The van der Waals surface area contributed by atoms with Crippen LogP contribution in [0.1, 0.15) is 62.3 Å². The summed E-state index contributed by atoms with van der Waals surface area (Å²) in [4.78, 5) is 124. The summed E-state index contributed by atoms with van der Waals surface area (Å²) in [6, 6.07) is 27.3. The van der Waals surface area contributed by atoms with E-state index in [-0.39, 0.29) is 43.6 Å². The van der Waals surface area contributed by atoms with Crippen LogP contribution in [0.15, 0.2) is 140 Å². The van der Waals surface area contributed by atoms with E-state index in [0.29, 0.717) is 36.1 Å². The van der Waals surface area contributed by atoms with Crippen LogP contribution in [0.2, 0.25) is 0 Å². The van der Waals surface area contributed by atoms with E-state index < -0.39 is 101 Å². The lowest BCUT2D eigenvalue weighted by Crippen LogP contribution is -2.63. The fraction of sp³-hybridized carbons (Fsp3) is 0.349. The second-order valence-electron chi connectivity index (χ2n) is 22.4. The number of nitrogens with one attached hydrogen (secondary N) is 8. The number of carbonyl (C=O) groups excluding carboxylic acids is 8. The summed E-state index contributed by atoms with van der Waals surface area (Å²) >= 11 is 0. The number of aromatic amines is 1. The quantitative estimate of drug-likeness (QED) is 0.0456. The van der Waals surface area contributed by atoms with Gasteiger partial charge in [-0.3, -0.25) is 43.3 Å². The van der Waals surface area contributed by atoms with Crippen LogP contribution < -0.4 is 54.4 Å². The van der Waals surface area contributed by atoms with Crippen LogP contribution in [-0.4, -0.2) is 124 Å². The van der Waals surface area contributed by atoms with E-state index in [9.17, 15) is 38.4 Å². The standard InChI is InChI=1S/C63H74N12O8S2/c1-63(2,3)54-62(83)74-53(60(81)70-49(55(66)76)30-38-22-24-41-15-5-7-17-43(41)28-38)36-85-84-35-52(73-56(77)46(65)29-37-21-23-40-14-4-6-16-42(40)27-37)61(82)71-50(31-39-13-12-26-67-33-39)58(79)72-51(32-44-34-68-47-19-9-8-18-45(44)47)59(80)69-48(57(78)75-54)20-10-11-25-64/h4-9,12-19,21-24,26-28,33-34,46,48-54,68H,10-11,20,25,29-32,35-36,64-65H2,1-3H3,(H2,66,76)(H,69,80)(H,70,81)(H,71,82)(H,72,79)(H,73,77)(H,74,83)(H,75,78)/t46-,48-,49-,50-,51+,52+,53-,54+/m0/s1. The number of amides is 8. The summed E-state index contributed by atoms with van der Waals surface area (Å²) < 4.78 is 0. The molecule has 0 saturated carbocycles. The van der Waals surface area contributed by atoms with Gasteiger partial charge in [0, 0.05) is 60.3 Å². The molecule has 8 amide bonds. The van der Waals surface area contributed by atoms with Crippen LogP contribution in [0.25, 0.3) is 32.4 Å². The zero-order valence-electron chi connectivity index (χ0n) is 47.7. The molecule has 14 N–H and O–H groups in total. The Morgan fingerprint density at radius 2 is 1.25 bits per heavy atom. The van der Waals surface area contributed by atoms with Crippen LogP contribution in [0.5, 0.6) is 0 Å². The minimum atomic E-state index is -1.38. The molecule has 446 valence electrons. The number of rotatable bonds is 17. The number of carbonyl (C=O) groups is 8. The molecule has 0 radical (unpaired) electrons. The smallest absolute Gasteiger partial charge is 0.244 e. The molecule has 20 nitrogen and oxygen atoms in total. The van der Waals surface area contributed by atoms with Gasteiger partial charge in [-0.25, -0.2) is 0 Å². The Balaban J connectivity index is 1.15. The van der Waals surface area contributed by atoms with Crippen LogP contribution in [0.3, 0.4) is 0 Å². The third-order valence-electron chi connectivity index (χ3n) is 14.9. The molecule has 22 heteroatoms. The molecule has 3 heterocycles. The number of fused-ring (bicyclic) bond motifs is 3. The molecule has 0 unspecified atom stereocenters. The summed E-state index contributed by atoms with van der Waals surface area (Å²) in [6.07, 6.45) is 5.78. The Labute approximate surface area is 501 Å². The number of unbranched alkanes of at least 4 members (excludes halogenated alkanes) is 1. The van der Waals surface area contributed by atoms with Crippen molar-refractivity contribution in [2.45, 2.75) is 114 Å². The van der Waals surface area contributed by atoms with Crippen molar-refractivity contribution in [2.24, 2.45) is 22.6 Å². The van der Waals surface area contributed by atoms with Crippen molar-refractivity contribution >= 4 is 101 Å². The molecule has 2 aromatic heterocycles. The topological polar surface area (TPSA) is 328 Å². The fourth-order valence-electron chi connectivity index (χ4n) is 10.1. The second kappa shape index (κ2) is 29.5. The number of benzene rings is 5. The number of hydrogen-bond acceptors (Lipinski definition) is 13. The number of H-pyrrole nitrogens is 1. The summed E-state index contributed by atoms with van der Waals surface area (Å²) in [7, 11) is 2.17. The maximum Gasteiger partial charge on any atom is 0.244 e. The number of nitrogens with zero attached hydrogens (tertiary/aromatic N) is 1. The number of nitrogens with two attached hydrogens (primary N) is 3. The lowest BCUT2D eigenvalue weighted by molar-refractivity contribution is -0.136. The molecule has 0 aliphatic carbocycles. The van der Waals surface area contributed by atoms with Gasteiger partial charge in [-0.1, -0.05) is 152 Å². The van der Waals surface area contributed by atoms with E-state index in [1.165, 1.54) is 0 Å². The summed E-state index contributed by atoms with van der Waals surface area (Å²) in [5.41, 5.74) is 20.9. The first-order chi connectivity index (χ1) is 40.8. The highest BCUT2D eigenvalue weighted by atomic mass is 33.1. The monoisotopic (exact) mass is 1190 g/mol. The Hall–Kier alpha value is -8.31. The van der Waals surface area contributed by atoms with Gasteiger partial charge in [-0.15, -0.1) is 0 Å². The number of para-hydroxylation sites is 1. The molecular formula is C63H74N12O8S2. The van der Waals surface area contributed by atoms with Crippen molar-refractivity contribution in [1.82, 2.24) is 47.2 Å². The zero-order valence-corrected chi connectivity index (χ0v) is 49.4. The molecular weight excluding hydrogens is 1120 g/mol. The van der Waals surface area contributed by atoms with Crippen LogP contribution in [-0.2, 0) is 64.0 Å². The molecule has 85 heavy (non-hydrogen) atoms. The average Bonchev–Trinajstić information content (AvgIpc) is 4.03. The molecule has 1 aliphatic heterocycles. The lowest BCUT2D eigenvalue weighted by Gasteiger charge is -2.33. The molecule has 1 fully saturated rings. The molecule has 0 bridgehead atoms. The highest BCUT2D eigenvalue weighted by Crippen LogP contribution is 2.27. The predicted molar refractivity (Wildman–Crippen MR) is 333 cm³/mol. The third-order valence-corrected chi connectivity index (χ3v) is 17.3. The van der Waals surface area contributed by atoms with E-state index in [0.717, 1.165) is 59.6 Å². The normalized spacial score (nSPS) is 20.5. The number of primary amides is 1. The van der Waals surface area contributed by atoms with Crippen molar-refractivity contribution in [2.75, 3.05) is 18.1 Å². The van der Waals surface area contributed by atoms with Crippen LogP contribution in [0, 0.1) is 5.41 Å². The number of pyridine rings is 1. The van der Waals surface area contributed by atoms with Gasteiger partial charge in [0.05, 0.1) is 6.04 Å². The Morgan fingerprint density at radius 1 is 0.647 bits per heavy atom. The summed E-state index contributed by atoms with van der Waals surface area (Å²) in [5.74, 6) is -6.34. The molecule has 1 saturated heterocycles. The van der Waals surface area contributed by atoms with Crippen molar-refractivity contribution in [3.63, 3.8) is 0 Å². The Bertz CT molecular complexity index is 3520. The molecule has 8 rings (SSSR count). The Morgan fingerprint density at radius 3 is 1.89 bits per heavy atom. The van der Waals surface area contributed by atoms with Gasteiger partial charge < -0.3 is 59.4 Å². The zero-order chi connectivity index (χ0) is 60.6. The van der Waals surface area contributed by atoms with Crippen molar-refractivity contribution < 1.29 is 38.4 Å². The Kier molecular flexibility index (Phi) is 21.8. The van der Waals surface area contributed by atoms with Gasteiger partial charge in [0.2, 0.25) is 47.3 Å². The first-order valence-corrected chi connectivity index (χ1v) is 30.8. The number of aromatic nitrogens is 2. The van der Waals surface area contributed by atoms with Crippen LogP contribution >= 0.6 is 21.6 Å². The molecule has 1 aliphatic rings. The molecule has 8 atom stereocenters. The largest absolute Gasteiger partial charge is 0.368 e. The number of hydrogen-bond donors (Lipinski definition) is 11. The predicted octanol–water partition coefficient (Wildman–Crippen LogP) is 3.92. The maximum absolute atomic E-state index is 15.0. The van der Waals surface area contributed by atoms with Crippen molar-refractivity contribution in [3.05, 3.63) is 162 Å². The molecule has 7 aromatic rings. The highest BCUT2D eigenvalue weighted by Gasteiger charge is 2.39. The van der Waals surface area contributed by atoms with Crippen molar-refractivity contribution in [1.29, 1.82) is 0 Å². The third kappa shape index (κ3) is 17.4. The first kappa shape index (κ1) is 62.7. The van der Waals surface area contributed by atoms with Gasteiger partial charge in [-0.05, 0) is 93.6 Å². The van der Waals surface area contributed by atoms with Gasteiger partial charge in [-0.2, -0.15) is 0 Å². The van der Waals surface area contributed by atoms with Gasteiger partial charge in [0.1, 0.15) is 42.3 Å². The highest BCUT2D eigenvalue weighted by molar-refractivity contribution is 8.76. The maximum atomic E-state index is 15.0. The lowest BCUT2D eigenvalue weighted by atomic mass is 9.85. The van der Waals surface area contributed by atoms with E-state index in [2.05, 4.69) is 47.2 Å². The molecule has 5 aromatic carbocycles. The fourth-order valence-corrected chi connectivity index (χ4v) is 12.5.